The Hall–Kier alpha value is -1.67. The fraction of sp³-hybridized carbons (Fsp3) is 0.444. The zero-order valence-corrected chi connectivity index (χ0v) is 15.3. The molecule has 2 fully saturated rings. The lowest BCUT2D eigenvalue weighted by Gasteiger charge is -2.61. The molecule has 0 bridgehead atoms. The Bertz CT molecular complexity index is 801. The van der Waals surface area contributed by atoms with Crippen LogP contribution in [-0.2, 0) is 6.18 Å². The summed E-state index contributed by atoms with van der Waals surface area (Å²) < 4.78 is 40.1. The zero-order chi connectivity index (χ0) is 18.5. The van der Waals surface area contributed by atoms with Gasteiger partial charge in [-0.1, -0.05) is 6.07 Å². The molecule has 2 aromatic rings. The van der Waals surface area contributed by atoms with E-state index >= 15 is 0 Å². The summed E-state index contributed by atoms with van der Waals surface area (Å²) >= 11 is 3.20. The number of aliphatic hydroxyl groups excluding tert-OH is 1. The van der Waals surface area contributed by atoms with E-state index in [4.69, 9.17) is 0 Å². The molecule has 1 N–H and O–H groups in total. The molecule has 1 atom stereocenters. The fourth-order valence-corrected chi connectivity index (χ4v) is 4.50. The molecule has 1 unspecified atom stereocenters. The maximum absolute atomic E-state index is 13.2. The minimum Gasteiger partial charge on any atom is -0.388 e. The van der Waals surface area contributed by atoms with E-state index in [1.807, 2.05) is 6.07 Å². The molecule has 2 aliphatic rings. The lowest BCUT2D eigenvalue weighted by atomic mass is 9.55. The molecule has 1 aliphatic carbocycles. The molecule has 3 heterocycles. The highest BCUT2D eigenvalue weighted by atomic mass is 79.9. The first-order valence-electron chi connectivity index (χ1n) is 8.33. The number of aliphatic hydroxyl groups is 1. The minimum atomic E-state index is -4.47. The number of alkyl halides is 3. The van der Waals surface area contributed by atoms with Crippen LogP contribution in [0.2, 0.25) is 0 Å². The van der Waals surface area contributed by atoms with Crippen molar-refractivity contribution in [1.82, 2.24) is 9.97 Å². The number of hydrogen-bond acceptors (Lipinski definition) is 4. The van der Waals surface area contributed by atoms with Crippen molar-refractivity contribution in [2.24, 2.45) is 11.3 Å². The predicted molar refractivity (Wildman–Crippen MR) is 93.5 cm³/mol. The Morgan fingerprint density at radius 3 is 2.62 bits per heavy atom. The highest BCUT2D eigenvalue weighted by Gasteiger charge is 2.55. The van der Waals surface area contributed by atoms with Crippen molar-refractivity contribution in [2.45, 2.75) is 25.1 Å². The van der Waals surface area contributed by atoms with Crippen LogP contribution in [0.25, 0.3) is 0 Å². The van der Waals surface area contributed by atoms with E-state index in [1.54, 1.807) is 23.4 Å². The van der Waals surface area contributed by atoms with Crippen molar-refractivity contribution in [3.8, 4) is 0 Å². The van der Waals surface area contributed by atoms with Crippen LogP contribution in [0.1, 0.15) is 30.2 Å². The van der Waals surface area contributed by atoms with Crippen LogP contribution < -0.4 is 4.90 Å². The molecule has 8 heteroatoms. The SMILES string of the molecule is OC(c1cccnc1)C1CC2(C1)CN(c1cc(Br)cnc1C(F)(F)F)C2. The van der Waals surface area contributed by atoms with Crippen molar-refractivity contribution in [3.63, 3.8) is 0 Å². The van der Waals surface area contributed by atoms with Crippen LogP contribution in [0.5, 0.6) is 0 Å². The van der Waals surface area contributed by atoms with Gasteiger partial charge in [-0.3, -0.25) is 4.98 Å². The number of halogens is 4. The van der Waals surface area contributed by atoms with E-state index in [1.165, 1.54) is 12.3 Å². The Balaban J connectivity index is 1.42. The van der Waals surface area contributed by atoms with Gasteiger partial charge in [0.05, 0.1) is 11.8 Å². The number of aromatic nitrogens is 2. The van der Waals surface area contributed by atoms with E-state index in [-0.39, 0.29) is 17.0 Å². The van der Waals surface area contributed by atoms with Crippen molar-refractivity contribution in [1.29, 1.82) is 0 Å². The molecule has 1 spiro atoms. The van der Waals surface area contributed by atoms with Crippen LogP contribution in [0.4, 0.5) is 18.9 Å². The highest BCUT2D eigenvalue weighted by molar-refractivity contribution is 9.10. The van der Waals surface area contributed by atoms with Crippen LogP contribution in [0, 0.1) is 11.3 Å². The summed E-state index contributed by atoms with van der Waals surface area (Å²) in [6.45, 7) is 1.12. The maximum Gasteiger partial charge on any atom is 0.435 e. The summed E-state index contributed by atoms with van der Waals surface area (Å²) in [6.07, 6.45) is 1.06. The van der Waals surface area contributed by atoms with Gasteiger partial charge in [0, 0.05) is 41.6 Å². The molecule has 138 valence electrons. The van der Waals surface area contributed by atoms with E-state index < -0.39 is 18.0 Å². The molecule has 0 radical (unpaired) electrons. The molecule has 4 nitrogen and oxygen atoms in total. The topological polar surface area (TPSA) is 49.3 Å². The molecule has 26 heavy (non-hydrogen) atoms. The van der Waals surface area contributed by atoms with E-state index in [9.17, 15) is 18.3 Å². The largest absolute Gasteiger partial charge is 0.435 e. The van der Waals surface area contributed by atoms with Crippen molar-refractivity contribution >= 4 is 21.6 Å². The number of hydrogen-bond donors (Lipinski definition) is 1. The summed E-state index contributed by atoms with van der Waals surface area (Å²) in [7, 11) is 0. The molecule has 2 aromatic heterocycles. The van der Waals surface area contributed by atoms with Crippen LogP contribution in [0.3, 0.4) is 0 Å². The quantitative estimate of drug-likeness (QED) is 0.796. The maximum atomic E-state index is 13.2. The van der Waals surface area contributed by atoms with E-state index in [0.717, 1.165) is 18.4 Å². The summed E-state index contributed by atoms with van der Waals surface area (Å²) in [5.74, 6) is 0.129. The van der Waals surface area contributed by atoms with Crippen molar-refractivity contribution in [2.75, 3.05) is 18.0 Å². The molecular weight excluding hydrogens is 411 g/mol. The van der Waals surface area contributed by atoms with Crippen LogP contribution in [0.15, 0.2) is 41.3 Å². The third-order valence-electron chi connectivity index (χ3n) is 5.36. The van der Waals surface area contributed by atoms with Gasteiger partial charge in [0.25, 0.3) is 0 Å². The Morgan fingerprint density at radius 2 is 2.00 bits per heavy atom. The number of anilines is 1. The monoisotopic (exact) mass is 427 g/mol. The normalized spacial score (nSPS) is 20.6. The fourth-order valence-electron chi connectivity index (χ4n) is 4.18. The molecule has 1 aliphatic heterocycles. The Labute approximate surface area is 157 Å². The smallest absolute Gasteiger partial charge is 0.388 e. The van der Waals surface area contributed by atoms with E-state index in [2.05, 4.69) is 25.9 Å². The first-order valence-corrected chi connectivity index (χ1v) is 9.12. The zero-order valence-electron chi connectivity index (χ0n) is 13.7. The lowest BCUT2D eigenvalue weighted by molar-refractivity contribution is -0.141. The van der Waals surface area contributed by atoms with Crippen LogP contribution >= 0.6 is 15.9 Å². The third kappa shape index (κ3) is 3.09. The summed E-state index contributed by atoms with van der Waals surface area (Å²) in [5.41, 5.74) is 0.0635. The van der Waals surface area contributed by atoms with Gasteiger partial charge in [0.1, 0.15) is 0 Å². The summed E-state index contributed by atoms with van der Waals surface area (Å²) in [4.78, 5) is 9.32. The average Bonchev–Trinajstić information content (AvgIpc) is 2.52. The summed E-state index contributed by atoms with van der Waals surface area (Å²) in [6, 6.07) is 5.11. The average molecular weight is 428 g/mol. The molecule has 4 rings (SSSR count). The number of rotatable bonds is 3. The summed E-state index contributed by atoms with van der Waals surface area (Å²) in [5, 5.41) is 10.4. The molecular formula is C18H17BrF3N3O. The number of nitrogens with zero attached hydrogens (tertiary/aromatic N) is 3. The second-order valence-corrected chi connectivity index (χ2v) is 8.19. The first-order chi connectivity index (χ1) is 12.3. The first kappa shape index (κ1) is 17.7. The lowest BCUT2D eigenvalue weighted by Crippen LogP contribution is -2.63. The molecule has 1 saturated heterocycles. The van der Waals surface area contributed by atoms with E-state index in [0.29, 0.717) is 17.6 Å². The molecule has 1 saturated carbocycles. The van der Waals surface area contributed by atoms with Gasteiger partial charge in [-0.2, -0.15) is 13.2 Å². The molecule has 0 amide bonds. The van der Waals surface area contributed by atoms with Gasteiger partial charge in [0.2, 0.25) is 0 Å². The van der Waals surface area contributed by atoms with Gasteiger partial charge in [0.15, 0.2) is 5.69 Å². The van der Waals surface area contributed by atoms with Gasteiger partial charge < -0.3 is 10.0 Å². The highest BCUT2D eigenvalue weighted by Crippen LogP contribution is 2.57. The third-order valence-corrected chi connectivity index (χ3v) is 5.79. The Morgan fingerprint density at radius 1 is 1.27 bits per heavy atom. The predicted octanol–water partition coefficient (Wildman–Crippen LogP) is 4.21. The van der Waals surface area contributed by atoms with Crippen molar-refractivity contribution in [3.05, 3.63) is 52.5 Å². The van der Waals surface area contributed by atoms with Gasteiger partial charge in [-0.15, -0.1) is 0 Å². The van der Waals surface area contributed by atoms with Gasteiger partial charge in [-0.25, -0.2) is 4.98 Å². The number of pyridine rings is 2. The standard InChI is InChI=1S/C18H17BrF3N3O/c19-13-4-14(16(24-8-13)18(20,21)22)25-9-17(10-25)5-12(6-17)15(26)11-2-1-3-23-7-11/h1-4,7-8,12,15,26H,5-6,9-10H2. The van der Waals surface area contributed by atoms with Crippen molar-refractivity contribution < 1.29 is 18.3 Å². The van der Waals surface area contributed by atoms with Crippen LogP contribution in [-0.4, -0.2) is 28.2 Å². The minimum absolute atomic E-state index is 0.000951. The Kier molecular flexibility index (Phi) is 4.23. The second-order valence-electron chi connectivity index (χ2n) is 7.27. The van der Waals surface area contributed by atoms with Gasteiger partial charge in [-0.05, 0) is 52.4 Å². The second kappa shape index (κ2) is 6.20. The molecule has 0 aromatic carbocycles. The van der Waals surface area contributed by atoms with Gasteiger partial charge >= 0.3 is 6.18 Å².